The van der Waals surface area contributed by atoms with E-state index >= 15 is 0 Å². The lowest BCUT2D eigenvalue weighted by molar-refractivity contribution is 0.318. The number of nitrogens with one attached hydrogen (secondary N) is 1. The van der Waals surface area contributed by atoms with Crippen molar-refractivity contribution in [3.8, 4) is 0 Å². The molecule has 1 aromatic carbocycles. The van der Waals surface area contributed by atoms with Crippen molar-refractivity contribution in [2.24, 2.45) is 10.9 Å². The summed E-state index contributed by atoms with van der Waals surface area (Å²) in [5.74, 6) is 0.0494. The predicted molar refractivity (Wildman–Crippen MR) is 67.2 cm³/mol. The number of benzene rings is 1. The predicted octanol–water partition coefficient (Wildman–Crippen LogP) is 1.81. The quantitative estimate of drug-likeness (QED) is 0.347. The Bertz CT molecular complexity index is 542. The normalized spacial score (nSPS) is 11.7. The van der Waals surface area contributed by atoms with E-state index in [4.69, 9.17) is 10.9 Å². The summed E-state index contributed by atoms with van der Waals surface area (Å²) < 4.78 is 0.848. The number of hydrogen-bond donors (Lipinski definition) is 3. The molecule has 4 N–H and O–H groups in total. The third kappa shape index (κ3) is 2.77. The zero-order valence-electron chi connectivity index (χ0n) is 8.46. The van der Waals surface area contributed by atoms with Crippen LogP contribution in [0, 0.1) is 0 Å². The Morgan fingerprint density at radius 1 is 1.53 bits per heavy atom. The zero-order chi connectivity index (χ0) is 12.3. The Hall–Kier alpha value is -1.54. The lowest BCUT2D eigenvalue weighted by Crippen LogP contribution is -2.14. The second-order valence-corrected chi connectivity index (χ2v) is 4.96. The lowest BCUT2D eigenvalue weighted by Gasteiger charge is -2.06. The topological polar surface area (TPSA) is 100 Å². The van der Waals surface area contributed by atoms with Crippen molar-refractivity contribution < 1.29 is 5.21 Å². The molecule has 0 aliphatic carbocycles. The van der Waals surface area contributed by atoms with Crippen LogP contribution in [0.5, 0.6) is 0 Å². The molecule has 0 saturated heterocycles. The van der Waals surface area contributed by atoms with Crippen molar-refractivity contribution >= 4 is 33.5 Å². The maximum atomic E-state index is 8.73. The number of hydrogen-bond acceptors (Lipinski definition) is 5. The molecule has 0 atom stereocenters. The highest BCUT2D eigenvalue weighted by Gasteiger charge is 2.10. The number of halogens is 1. The summed E-state index contributed by atoms with van der Waals surface area (Å²) in [7, 11) is 0. The minimum Gasteiger partial charge on any atom is -0.409 e. The number of H-pyrrole nitrogens is 1. The molecular formula is C9H8BrN5OS. The van der Waals surface area contributed by atoms with Crippen molar-refractivity contribution in [2.75, 3.05) is 0 Å². The number of rotatable bonds is 3. The summed E-state index contributed by atoms with van der Waals surface area (Å²) >= 11 is 4.69. The number of nitrogens with two attached hydrogens (primary N) is 1. The average Bonchev–Trinajstić information content (AvgIpc) is 2.83. The van der Waals surface area contributed by atoms with Gasteiger partial charge in [-0.25, -0.2) is 4.98 Å². The van der Waals surface area contributed by atoms with Crippen LogP contribution in [-0.4, -0.2) is 26.2 Å². The molecule has 0 amide bonds. The minimum atomic E-state index is 0.0494. The molecule has 17 heavy (non-hydrogen) atoms. The highest BCUT2D eigenvalue weighted by molar-refractivity contribution is 9.10. The smallest absolute Gasteiger partial charge is 0.188 e. The van der Waals surface area contributed by atoms with Gasteiger partial charge in [-0.2, -0.15) is 5.10 Å². The van der Waals surface area contributed by atoms with Crippen LogP contribution in [0.15, 0.2) is 44.2 Å². The van der Waals surface area contributed by atoms with E-state index in [9.17, 15) is 0 Å². The Balaban J connectivity index is 2.39. The van der Waals surface area contributed by atoms with Gasteiger partial charge in [0.1, 0.15) is 6.33 Å². The summed E-state index contributed by atoms with van der Waals surface area (Å²) in [4.78, 5) is 4.82. The van der Waals surface area contributed by atoms with Gasteiger partial charge in [-0.05, 0) is 30.0 Å². The van der Waals surface area contributed by atoms with E-state index in [2.05, 4.69) is 36.3 Å². The molecule has 1 heterocycles. The molecule has 0 aliphatic heterocycles. The first-order valence-corrected chi connectivity index (χ1v) is 6.12. The van der Waals surface area contributed by atoms with Gasteiger partial charge in [0, 0.05) is 14.9 Å². The van der Waals surface area contributed by atoms with Crippen molar-refractivity contribution in [2.45, 2.75) is 10.1 Å². The number of aromatic amines is 1. The van der Waals surface area contributed by atoms with E-state index in [0.29, 0.717) is 10.7 Å². The van der Waals surface area contributed by atoms with Gasteiger partial charge < -0.3 is 10.9 Å². The fourth-order valence-electron chi connectivity index (χ4n) is 1.19. The molecular weight excluding hydrogens is 306 g/mol. The van der Waals surface area contributed by atoms with Gasteiger partial charge in [0.05, 0.1) is 0 Å². The van der Waals surface area contributed by atoms with Gasteiger partial charge >= 0.3 is 0 Å². The first kappa shape index (κ1) is 11.9. The van der Waals surface area contributed by atoms with Crippen molar-refractivity contribution in [3.63, 3.8) is 0 Å². The van der Waals surface area contributed by atoms with Crippen LogP contribution in [0.1, 0.15) is 5.56 Å². The van der Waals surface area contributed by atoms with E-state index in [-0.39, 0.29) is 5.84 Å². The number of oxime groups is 1. The summed E-state index contributed by atoms with van der Waals surface area (Å²) in [6.45, 7) is 0. The summed E-state index contributed by atoms with van der Waals surface area (Å²) in [5.41, 5.74) is 6.24. The fourth-order valence-corrected chi connectivity index (χ4v) is 2.37. The van der Waals surface area contributed by atoms with E-state index in [1.807, 2.05) is 12.1 Å². The van der Waals surface area contributed by atoms with E-state index in [0.717, 1.165) is 9.37 Å². The second-order valence-electron chi connectivity index (χ2n) is 3.02. The van der Waals surface area contributed by atoms with Gasteiger partial charge in [0.25, 0.3) is 0 Å². The molecule has 0 radical (unpaired) electrons. The zero-order valence-corrected chi connectivity index (χ0v) is 10.9. The SMILES string of the molecule is N/C(=N/O)c1cc(Br)ccc1Sc1ncn[nH]1. The molecule has 8 heteroatoms. The van der Waals surface area contributed by atoms with E-state index in [1.54, 1.807) is 6.07 Å². The Labute approximate surface area is 109 Å². The van der Waals surface area contributed by atoms with Crippen LogP contribution in [0.2, 0.25) is 0 Å². The second kappa shape index (κ2) is 5.19. The third-order valence-electron chi connectivity index (χ3n) is 1.92. The summed E-state index contributed by atoms with van der Waals surface area (Å²) in [6.07, 6.45) is 1.42. The van der Waals surface area contributed by atoms with Crippen LogP contribution in [0.25, 0.3) is 0 Å². The number of aromatic nitrogens is 3. The molecule has 0 fully saturated rings. The Morgan fingerprint density at radius 2 is 2.35 bits per heavy atom. The standard InChI is InChI=1S/C9H8BrN5OS/c10-5-1-2-7(6(3-5)8(11)15-16)17-9-12-4-13-14-9/h1-4,16H,(H2,11,15)(H,12,13,14). The molecule has 0 saturated carbocycles. The first-order chi connectivity index (χ1) is 8.20. The monoisotopic (exact) mass is 313 g/mol. The first-order valence-electron chi connectivity index (χ1n) is 4.51. The molecule has 2 rings (SSSR count). The van der Waals surface area contributed by atoms with Crippen molar-refractivity contribution in [1.82, 2.24) is 15.2 Å². The molecule has 1 aromatic heterocycles. The van der Waals surface area contributed by atoms with Gasteiger partial charge in [-0.15, -0.1) is 0 Å². The molecule has 0 bridgehead atoms. The van der Waals surface area contributed by atoms with Crippen molar-refractivity contribution in [3.05, 3.63) is 34.6 Å². The molecule has 0 aliphatic rings. The Kier molecular flexibility index (Phi) is 3.64. The highest BCUT2D eigenvalue weighted by atomic mass is 79.9. The third-order valence-corrected chi connectivity index (χ3v) is 3.38. The van der Waals surface area contributed by atoms with Gasteiger partial charge in [0.2, 0.25) is 0 Å². The number of nitrogens with zero attached hydrogens (tertiary/aromatic N) is 3. The van der Waals surface area contributed by atoms with Gasteiger partial charge in [-0.3, -0.25) is 5.10 Å². The summed E-state index contributed by atoms with van der Waals surface area (Å²) in [6, 6.07) is 5.49. The maximum Gasteiger partial charge on any atom is 0.188 e. The van der Waals surface area contributed by atoms with E-state index < -0.39 is 0 Å². The van der Waals surface area contributed by atoms with Crippen LogP contribution in [0.4, 0.5) is 0 Å². The van der Waals surface area contributed by atoms with Crippen LogP contribution >= 0.6 is 27.7 Å². The van der Waals surface area contributed by atoms with Gasteiger partial charge in [-0.1, -0.05) is 21.1 Å². The maximum absolute atomic E-state index is 8.73. The lowest BCUT2D eigenvalue weighted by atomic mass is 10.2. The Morgan fingerprint density at radius 3 is 3.00 bits per heavy atom. The van der Waals surface area contributed by atoms with E-state index in [1.165, 1.54) is 18.1 Å². The molecule has 6 nitrogen and oxygen atoms in total. The average molecular weight is 314 g/mol. The number of amidine groups is 1. The molecule has 88 valence electrons. The molecule has 0 unspecified atom stereocenters. The van der Waals surface area contributed by atoms with Crippen LogP contribution < -0.4 is 5.73 Å². The highest BCUT2D eigenvalue weighted by Crippen LogP contribution is 2.29. The largest absolute Gasteiger partial charge is 0.409 e. The van der Waals surface area contributed by atoms with Crippen LogP contribution in [0.3, 0.4) is 0 Å². The molecule has 2 aromatic rings. The fraction of sp³-hybridized carbons (Fsp3) is 0. The van der Waals surface area contributed by atoms with Crippen molar-refractivity contribution in [1.29, 1.82) is 0 Å². The molecule has 0 spiro atoms. The van der Waals surface area contributed by atoms with Gasteiger partial charge in [0.15, 0.2) is 11.0 Å². The minimum absolute atomic E-state index is 0.0494. The van der Waals surface area contributed by atoms with Crippen LogP contribution in [-0.2, 0) is 0 Å². The summed E-state index contributed by atoms with van der Waals surface area (Å²) in [5, 5.41) is 18.9.